The molecule has 2 rings (SSSR count). The summed E-state index contributed by atoms with van der Waals surface area (Å²) in [7, 11) is 0. The Morgan fingerprint density at radius 2 is 1.90 bits per heavy atom. The zero-order valence-electron chi connectivity index (χ0n) is 11.4. The fourth-order valence-corrected chi connectivity index (χ4v) is 2.83. The van der Waals surface area contributed by atoms with Crippen LogP contribution in [0.2, 0.25) is 0 Å². The average molecular weight is 301 g/mol. The molecule has 0 radical (unpaired) electrons. The maximum absolute atomic E-state index is 12.8. The van der Waals surface area contributed by atoms with Crippen LogP contribution in [0, 0.1) is 5.92 Å². The van der Waals surface area contributed by atoms with Crippen LogP contribution in [-0.2, 0) is 4.79 Å². The Labute approximate surface area is 121 Å². The molecular formula is C15H18F3NO2. The highest BCUT2D eigenvalue weighted by Crippen LogP contribution is 2.38. The van der Waals surface area contributed by atoms with Crippen LogP contribution in [0.25, 0.3) is 0 Å². The highest BCUT2D eigenvalue weighted by Gasteiger charge is 2.42. The standard InChI is InChI=1S/C15H18F3NO2/c16-15(17,18)11-7-4-8-12(9-11)19-13(14(20)21)10-5-2-1-3-6-10/h1-3,5-6,11-13,19H,4,7-9H2,(H,20,21). The third-order valence-corrected chi connectivity index (χ3v) is 3.92. The third kappa shape index (κ3) is 4.20. The lowest BCUT2D eigenvalue weighted by Gasteiger charge is -2.32. The van der Waals surface area contributed by atoms with Gasteiger partial charge < -0.3 is 5.11 Å². The Morgan fingerprint density at radius 1 is 1.24 bits per heavy atom. The summed E-state index contributed by atoms with van der Waals surface area (Å²) in [5, 5.41) is 12.2. The molecule has 1 aliphatic carbocycles. The van der Waals surface area contributed by atoms with Crippen LogP contribution in [0.1, 0.15) is 37.3 Å². The SMILES string of the molecule is O=C(O)C(NC1CCCC(C(F)(F)F)C1)c1ccccc1. The smallest absolute Gasteiger partial charge is 0.391 e. The molecular weight excluding hydrogens is 283 g/mol. The number of hydrogen-bond acceptors (Lipinski definition) is 2. The average Bonchev–Trinajstić information content (AvgIpc) is 2.45. The molecule has 3 atom stereocenters. The minimum Gasteiger partial charge on any atom is -0.480 e. The highest BCUT2D eigenvalue weighted by atomic mass is 19.4. The molecule has 0 aliphatic heterocycles. The van der Waals surface area contributed by atoms with Crippen molar-refractivity contribution >= 4 is 5.97 Å². The molecule has 0 saturated heterocycles. The van der Waals surface area contributed by atoms with E-state index in [2.05, 4.69) is 5.32 Å². The van der Waals surface area contributed by atoms with Gasteiger partial charge in [-0.1, -0.05) is 36.8 Å². The van der Waals surface area contributed by atoms with Gasteiger partial charge in [-0.05, 0) is 24.8 Å². The molecule has 1 saturated carbocycles. The van der Waals surface area contributed by atoms with Gasteiger partial charge in [0.25, 0.3) is 0 Å². The normalized spacial score (nSPS) is 24.5. The number of rotatable bonds is 4. The third-order valence-electron chi connectivity index (χ3n) is 3.92. The number of carbonyl (C=O) groups is 1. The molecule has 0 aromatic heterocycles. The van der Waals surface area contributed by atoms with Gasteiger partial charge in [-0.2, -0.15) is 13.2 Å². The number of halogens is 3. The molecule has 3 nitrogen and oxygen atoms in total. The largest absolute Gasteiger partial charge is 0.480 e. The van der Waals surface area contributed by atoms with E-state index in [-0.39, 0.29) is 12.8 Å². The van der Waals surface area contributed by atoms with Crippen LogP contribution in [0.5, 0.6) is 0 Å². The second-order valence-electron chi connectivity index (χ2n) is 5.45. The number of carboxylic acids is 1. The molecule has 116 valence electrons. The van der Waals surface area contributed by atoms with E-state index < -0.39 is 30.1 Å². The van der Waals surface area contributed by atoms with E-state index >= 15 is 0 Å². The maximum atomic E-state index is 12.8. The van der Waals surface area contributed by atoms with Gasteiger partial charge in [0.1, 0.15) is 6.04 Å². The summed E-state index contributed by atoms with van der Waals surface area (Å²) < 4.78 is 38.4. The van der Waals surface area contributed by atoms with Gasteiger partial charge in [0.15, 0.2) is 0 Å². The van der Waals surface area contributed by atoms with E-state index in [1.54, 1.807) is 30.3 Å². The first-order valence-corrected chi connectivity index (χ1v) is 6.98. The summed E-state index contributed by atoms with van der Waals surface area (Å²) in [5.74, 6) is -2.41. The molecule has 3 unspecified atom stereocenters. The molecule has 1 fully saturated rings. The van der Waals surface area contributed by atoms with Gasteiger partial charge in [0.05, 0.1) is 5.92 Å². The van der Waals surface area contributed by atoms with Crippen molar-refractivity contribution in [3.05, 3.63) is 35.9 Å². The summed E-state index contributed by atoms with van der Waals surface area (Å²) >= 11 is 0. The molecule has 21 heavy (non-hydrogen) atoms. The van der Waals surface area contributed by atoms with Crippen molar-refractivity contribution in [3.8, 4) is 0 Å². The zero-order chi connectivity index (χ0) is 15.5. The summed E-state index contributed by atoms with van der Waals surface area (Å²) in [6.07, 6.45) is -3.09. The Bertz CT molecular complexity index is 476. The molecule has 1 aliphatic rings. The first-order valence-electron chi connectivity index (χ1n) is 6.98. The number of alkyl halides is 3. The van der Waals surface area contributed by atoms with Crippen LogP contribution in [0.4, 0.5) is 13.2 Å². The zero-order valence-corrected chi connectivity index (χ0v) is 11.4. The monoisotopic (exact) mass is 301 g/mol. The Morgan fingerprint density at radius 3 is 2.48 bits per heavy atom. The van der Waals surface area contributed by atoms with Crippen LogP contribution in [0.3, 0.4) is 0 Å². The number of hydrogen-bond donors (Lipinski definition) is 2. The maximum Gasteiger partial charge on any atom is 0.391 e. The quantitative estimate of drug-likeness (QED) is 0.894. The molecule has 0 amide bonds. The number of aliphatic carboxylic acids is 1. The first kappa shape index (κ1) is 15.8. The van der Waals surface area contributed by atoms with Gasteiger partial charge in [-0.25, -0.2) is 0 Å². The number of benzene rings is 1. The van der Waals surface area contributed by atoms with Gasteiger partial charge in [0, 0.05) is 6.04 Å². The minimum atomic E-state index is -4.20. The topological polar surface area (TPSA) is 49.3 Å². The second-order valence-corrected chi connectivity index (χ2v) is 5.45. The van der Waals surface area contributed by atoms with Crippen LogP contribution >= 0.6 is 0 Å². The van der Waals surface area contributed by atoms with Crippen LogP contribution in [0.15, 0.2) is 30.3 Å². The Hall–Kier alpha value is -1.56. The fraction of sp³-hybridized carbons (Fsp3) is 0.533. The first-order chi connectivity index (χ1) is 9.88. The van der Waals surface area contributed by atoms with Crippen molar-refractivity contribution < 1.29 is 23.1 Å². The van der Waals surface area contributed by atoms with Crippen molar-refractivity contribution in [2.75, 3.05) is 0 Å². The molecule has 2 N–H and O–H groups in total. The summed E-state index contributed by atoms with van der Waals surface area (Å²) in [6.45, 7) is 0. The van der Waals surface area contributed by atoms with Crippen molar-refractivity contribution in [1.82, 2.24) is 5.32 Å². The predicted molar refractivity (Wildman–Crippen MR) is 71.8 cm³/mol. The highest BCUT2D eigenvalue weighted by molar-refractivity contribution is 5.75. The van der Waals surface area contributed by atoms with Gasteiger partial charge >= 0.3 is 12.1 Å². The van der Waals surface area contributed by atoms with Crippen LogP contribution in [-0.4, -0.2) is 23.3 Å². The van der Waals surface area contributed by atoms with E-state index in [4.69, 9.17) is 0 Å². The second kappa shape index (κ2) is 6.47. The number of carboxylic acid groups (broad SMARTS) is 1. The lowest BCUT2D eigenvalue weighted by molar-refractivity contribution is -0.184. The van der Waals surface area contributed by atoms with E-state index in [9.17, 15) is 23.1 Å². The summed E-state index contributed by atoms with van der Waals surface area (Å²) in [6, 6.07) is 7.13. The molecule has 1 aromatic carbocycles. The van der Waals surface area contributed by atoms with Crippen molar-refractivity contribution in [3.63, 3.8) is 0 Å². The minimum absolute atomic E-state index is 0.0554. The fourth-order valence-electron chi connectivity index (χ4n) is 2.83. The van der Waals surface area contributed by atoms with Crippen molar-refractivity contribution in [2.24, 2.45) is 5.92 Å². The van der Waals surface area contributed by atoms with Crippen molar-refractivity contribution in [2.45, 2.75) is 43.9 Å². The molecule has 0 bridgehead atoms. The van der Waals surface area contributed by atoms with E-state index in [0.29, 0.717) is 18.4 Å². The van der Waals surface area contributed by atoms with Gasteiger partial charge in [0.2, 0.25) is 0 Å². The Kier molecular flexibility index (Phi) is 4.88. The van der Waals surface area contributed by atoms with E-state index in [1.807, 2.05) is 0 Å². The summed E-state index contributed by atoms with van der Waals surface area (Å²) in [5.41, 5.74) is 0.555. The molecule has 6 heteroatoms. The molecule has 1 aromatic rings. The van der Waals surface area contributed by atoms with Gasteiger partial charge in [-0.3, -0.25) is 10.1 Å². The summed E-state index contributed by atoms with van der Waals surface area (Å²) in [4.78, 5) is 11.4. The number of nitrogens with one attached hydrogen (secondary N) is 1. The Balaban J connectivity index is 2.06. The van der Waals surface area contributed by atoms with Gasteiger partial charge in [-0.15, -0.1) is 0 Å². The predicted octanol–water partition coefficient (Wildman–Crippen LogP) is 3.52. The lowest BCUT2D eigenvalue weighted by atomic mass is 9.84. The van der Waals surface area contributed by atoms with Crippen LogP contribution < -0.4 is 5.32 Å². The van der Waals surface area contributed by atoms with E-state index in [1.165, 1.54) is 0 Å². The van der Waals surface area contributed by atoms with E-state index in [0.717, 1.165) is 0 Å². The molecule has 0 heterocycles. The lowest BCUT2D eigenvalue weighted by Crippen LogP contribution is -2.42. The molecule has 0 spiro atoms. The van der Waals surface area contributed by atoms with Crippen molar-refractivity contribution in [1.29, 1.82) is 0 Å².